The molecule has 0 spiro atoms. The molecule has 8 nitrogen and oxygen atoms in total. The molecule has 8 heteroatoms. The molecule has 0 saturated carbocycles. The fourth-order valence-corrected chi connectivity index (χ4v) is 2.56. The van der Waals surface area contributed by atoms with Gasteiger partial charge >= 0.3 is 0 Å². The highest BCUT2D eigenvalue weighted by Crippen LogP contribution is 2.27. The van der Waals surface area contributed by atoms with Crippen LogP contribution in [0.25, 0.3) is 10.9 Å². The third-order valence-corrected chi connectivity index (χ3v) is 3.80. The summed E-state index contributed by atoms with van der Waals surface area (Å²) in [6.07, 6.45) is -6.96. The van der Waals surface area contributed by atoms with E-state index in [1.807, 2.05) is 0 Å². The summed E-state index contributed by atoms with van der Waals surface area (Å²) in [5.41, 5.74) is 0.142. The summed E-state index contributed by atoms with van der Waals surface area (Å²) >= 11 is 0. The molecule has 3 rings (SSSR count). The fraction of sp³-hybridized carbons (Fsp3) is 0.400. The molecule has 0 radical (unpaired) electrons. The molecule has 0 unspecified atom stereocenters. The number of benzene rings is 1. The van der Waals surface area contributed by atoms with Gasteiger partial charge in [0.15, 0.2) is 0 Å². The highest BCUT2D eigenvalue weighted by molar-refractivity contribution is 5.84. The zero-order chi connectivity index (χ0) is 16.6. The van der Waals surface area contributed by atoms with Crippen molar-refractivity contribution < 1.29 is 29.9 Å². The van der Waals surface area contributed by atoms with E-state index in [9.17, 15) is 25.2 Å². The Morgan fingerprint density at radius 3 is 2.61 bits per heavy atom. The number of aromatic nitrogens is 1. The van der Waals surface area contributed by atoms with Gasteiger partial charge in [-0.15, -0.1) is 0 Å². The van der Waals surface area contributed by atoms with Crippen LogP contribution in [0, 0.1) is 0 Å². The molecule has 1 aromatic carbocycles. The number of nitrogens with one attached hydrogen (secondary N) is 1. The predicted molar refractivity (Wildman–Crippen MR) is 79.0 cm³/mol. The Hall–Kier alpha value is -1.97. The first kappa shape index (κ1) is 15.9. The first-order valence-electron chi connectivity index (χ1n) is 7.10. The van der Waals surface area contributed by atoms with E-state index in [0.29, 0.717) is 10.9 Å². The maximum absolute atomic E-state index is 11.7. The van der Waals surface area contributed by atoms with E-state index in [1.54, 1.807) is 24.3 Å². The number of hydrogen-bond donors (Lipinski definition) is 5. The highest BCUT2D eigenvalue weighted by atomic mass is 16.7. The van der Waals surface area contributed by atoms with Crippen molar-refractivity contribution in [2.24, 2.45) is 0 Å². The number of fused-ring (bicyclic) bond motifs is 1. The van der Waals surface area contributed by atoms with Crippen molar-refractivity contribution in [2.45, 2.75) is 30.7 Å². The van der Waals surface area contributed by atoms with Crippen molar-refractivity contribution in [3.63, 3.8) is 0 Å². The van der Waals surface area contributed by atoms with Crippen molar-refractivity contribution in [3.8, 4) is 5.75 Å². The average Bonchev–Trinajstić information content (AvgIpc) is 2.55. The van der Waals surface area contributed by atoms with Gasteiger partial charge in [-0.25, -0.2) is 0 Å². The van der Waals surface area contributed by atoms with Crippen LogP contribution in [0.3, 0.4) is 0 Å². The lowest BCUT2D eigenvalue weighted by atomic mass is 9.99. The average molecular weight is 323 g/mol. The maximum Gasteiger partial charge on any atom is 0.252 e. The van der Waals surface area contributed by atoms with Crippen LogP contribution in [0.4, 0.5) is 0 Å². The van der Waals surface area contributed by atoms with Gasteiger partial charge in [0.1, 0.15) is 30.2 Å². The Morgan fingerprint density at radius 1 is 1.13 bits per heavy atom. The van der Waals surface area contributed by atoms with E-state index >= 15 is 0 Å². The normalized spacial score (nSPS) is 31.2. The monoisotopic (exact) mass is 323 g/mol. The topological polar surface area (TPSA) is 132 Å². The van der Waals surface area contributed by atoms with E-state index in [1.165, 1.54) is 6.07 Å². The lowest BCUT2D eigenvalue weighted by Gasteiger charge is -2.39. The van der Waals surface area contributed by atoms with Gasteiger partial charge in [0.05, 0.1) is 12.1 Å². The Bertz CT molecular complexity index is 744. The van der Waals surface area contributed by atoms with E-state index in [2.05, 4.69) is 4.98 Å². The molecule has 0 amide bonds. The molecular formula is C15H17NO7. The summed E-state index contributed by atoms with van der Waals surface area (Å²) in [6.45, 7) is -0.555. The Kier molecular flexibility index (Phi) is 4.33. The summed E-state index contributed by atoms with van der Waals surface area (Å²) in [6, 6.07) is 8.10. The number of rotatable bonds is 3. The molecule has 2 heterocycles. The molecule has 1 fully saturated rings. The van der Waals surface area contributed by atoms with Crippen LogP contribution in [0.1, 0.15) is 0 Å². The zero-order valence-electron chi connectivity index (χ0n) is 12.0. The molecule has 1 aliphatic heterocycles. The molecule has 5 N–H and O–H groups in total. The number of H-pyrrole nitrogens is 1. The standard InChI is InChI=1S/C15H17NO7/c17-6-10-12(19)13(20)14(21)15(23-10)22-9-5-11(18)16-8-4-2-1-3-7(8)9/h1-5,10,12-15,17,19-21H,6H2,(H,16,18)/t10-,12-,13+,14-,15-/m1/s1. The largest absolute Gasteiger partial charge is 0.461 e. The van der Waals surface area contributed by atoms with Crippen LogP contribution in [-0.2, 0) is 4.74 Å². The van der Waals surface area contributed by atoms with Crippen LogP contribution in [-0.4, -0.2) is 62.7 Å². The van der Waals surface area contributed by atoms with Gasteiger partial charge in [-0.3, -0.25) is 4.79 Å². The van der Waals surface area contributed by atoms with Gasteiger partial charge < -0.3 is 34.9 Å². The van der Waals surface area contributed by atoms with Crippen LogP contribution in [0.2, 0.25) is 0 Å². The minimum atomic E-state index is -1.54. The molecule has 1 aromatic heterocycles. The van der Waals surface area contributed by atoms with Crippen molar-refractivity contribution in [3.05, 3.63) is 40.7 Å². The van der Waals surface area contributed by atoms with Gasteiger partial charge in [-0.05, 0) is 12.1 Å². The first-order chi connectivity index (χ1) is 11.0. The van der Waals surface area contributed by atoms with Crippen molar-refractivity contribution in [1.82, 2.24) is 4.98 Å². The summed E-state index contributed by atoms with van der Waals surface area (Å²) < 4.78 is 10.8. The molecule has 2 aromatic rings. The van der Waals surface area contributed by atoms with E-state index in [0.717, 1.165) is 0 Å². The summed E-state index contributed by atoms with van der Waals surface area (Å²) in [5, 5.41) is 39.3. The van der Waals surface area contributed by atoms with Crippen LogP contribution in [0.15, 0.2) is 35.1 Å². The summed E-state index contributed by atoms with van der Waals surface area (Å²) in [4.78, 5) is 14.3. The SMILES string of the molecule is O=c1cc(O[C@@H]2O[C@H](CO)[C@@H](O)[C@H](O)[C@H]2O)c2ccccc2[nH]1. The second-order valence-corrected chi connectivity index (χ2v) is 5.36. The van der Waals surface area contributed by atoms with Crippen LogP contribution in [0.5, 0.6) is 5.75 Å². The zero-order valence-corrected chi connectivity index (χ0v) is 12.0. The Balaban J connectivity index is 1.93. The van der Waals surface area contributed by atoms with Gasteiger partial charge in [-0.2, -0.15) is 0 Å². The Labute approximate surface area is 130 Å². The molecule has 0 aliphatic carbocycles. The lowest BCUT2D eigenvalue weighted by Crippen LogP contribution is -2.60. The molecule has 0 bridgehead atoms. The number of aliphatic hydroxyl groups is 4. The number of ether oxygens (including phenoxy) is 2. The second kappa shape index (κ2) is 6.26. The number of aliphatic hydroxyl groups excluding tert-OH is 4. The molecule has 23 heavy (non-hydrogen) atoms. The number of aromatic amines is 1. The second-order valence-electron chi connectivity index (χ2n) is 5.36. The van der Waals surface area contributed by atoms with E-state index < -0.39 is 42.9 Å². The minimum absolute atomic E-state index is 0.161. The van der Waals surface area contributed by atoms with Crippen molar-refractivity contribution >= 4 is 10.9 Å². The van der Waals surface area contributed by atoms with Gasteiger partial charge in [0.25, 0.3) is 5.56 Å². The minimum Gasteiger partial charge on any atom is -0.461 e. The molecule has 1 saturated heterocycles. The molecule has 1 aliphatic rings. The smallest absolute Gasteiger partial charge is 0.252 e. The van der Waals surface area contributed by atoms with Crippen molar-refractivity contribution in [2.75, 3.05) is 6.61 Å². The quantitative estimate of drug-likeness (QED) is 0.474. The van der Waals surface area contributed by atoms with Gasteiger partial charge in [-0.1, -0.05) is 12.1 Å². The van der Waals surface area contributed by atoms with Gasteiger partial charge in [0.2, 0.25) is 6.29 Å². The van der Waals surface area contributed by atoms with Gasteiger partial charge in [0, 0.05) is 11.5 Å². The lowest BCUT2D eigenvalue weighted by molar-refractivity contribution is -0.277. The predicted octanol–water partition coefficient (Wildman–Crippen LogP) is -1.29. The molecular weight excluding hydrogens is 306 g/mol. The summed E-state index contributed by atoms with van der Waals surface area (Å²) in [7, 11) is 0. The van der Waals surface area contributed by atoms with Crippen molar-refractivity contribution in [1.29, 1.82) is 0 Å². The number of hydrogen-bond acceptors (Lipinski definition) is 7. The van der Waals surface area contributed by atoms with E-state index in [-0.39, 0.29) is 5.75 Å². The van der Waals surface area contributed by atoms with Crippen LogP contribution >= 0.6 is 0 Å². The fourth-order valence-electron chi connectivity index (χ4n) is 2.56. The molecule has 5 atom stereocenters. The highest BCUT2D eigenvalue weighted by Gasteiger charge is 2.44. The number of para-hydroxylation sites is 1. The maximum atomic E-state index is 11.7. The van der Waals surface area contributed by atoms with E-state index in [4.69, 9.17) is 9.47 Å². The Morgan fingerprint density at radius 2 is 1.87 bits per heavy atom. The third kappa shape index (κ3) is 2.94. The molecule has 124 valence electrons. The summed E-state index contributed by atoms with van der Waals surface area (Å²) in [5.74, 6) is 0.161. The third-order valence-electron chi connectivity index (χ3n) is 3.80. The van der Waals surface area contributed by atoms with Crippen LogP contribution < -0.4 is 10.3 Å². The number of pyridine rings is 1. The first-order valence-corrected chi connectivity index (χ1v) is 7.10.